The van der Waals surface area contributed by atoms with Gasteiger partial charge < -0.3 is 4.90 Å². The van der Waals surface area contributed by atoms with Gasteiger partial charge in [-0.3, -0.25) is 9.78 Å². The Kier molecular flexibility index (Phi) is 4.31. The van der Waals surface area contributed by atoms with Gasteiger partial charge in [0.1, 0.15) is 11.6 Å². The Bertz CT molecular complexity index is 1180. The number of pyridine rings is 1. The van der Waals surface area contributed by atoms with Crippen LogP contribution in [0.2, 0.25) is 0 Å². The van der Waals surface area contributed by atoms with Gasteiger partial charge in [-0.05, 0) is 36.8 Å². The molecule has 1 aliphatic rings. The number of carbonyl (C=O) groups is 1. The van der Waals surface area contributed by atoms with E-state index in [-0.39, 0.29) is 11.9 Å². The van der Waals surface area contributed by atoms with E-state index in [1.54, 1.807) is 6.20 Å². The summed E-state index contributed by atoms with van der Waals surface area (Å²) in [7, 11) is 0. The van der Waals surface area contributed by atoms with Gasteiger partial charge in [0.2, 0.25) is 0 Å². The van der Waals surface area contributed by atoms with Crippen molar-refractivity contribution in [1.29, 1.82) is 0 Å². The molecule has 0 radical (unpaired) electrons. The number of nitrogens with zero attached hydrogens (tertiary/aromatic N) is 5. The average molecular weight is 383 g/mol. The SMILES string of the molecule is Cc1nc2n(n1)CCN(C(=O)c1ccc3ncccc3c1)[C@H]2Cc1ccccc1. The zero-order valence-corrected chi connectivity index (χ0v) is 16.2. The van der Waals surface area contributed by atoms with Crippen molar-refractivity contribution in [3.8, 4) is 0 Å². The van der Waals surface area contributed by atoms with Crippen LogP contribution in [0.4, 0.5) is 0 Å². The number of benzene rings is 2. The first-order chi connectivity index (χ1) is 14.2. The molecule has 4 aromatic rings. The smallest absolute Gasteiger partial charge is 0.254 e. The lowest BCUT2D eigenvalue weighted by molar-refractivity contribution is 0.0608. The molecule has 2 aromatic heterocycles. The van der Waals surface area contributed by atoms with Crippen LogP contribution in [0.15, 0.2) is 66.9 Å². The Morgan fingerprint density at radius 3 is 2.79 bits per heavy atom. The van der Waals surface area contributed by atoms with Crippen LogP contribution in [-0.2, 0) is 13.0 Å². The van der Waals surface area contributed by atoms with Crippen molar-refractivity contribution in [1.82, 2.24) is 24.6 Å². The van der Waals surface area contributed by atoms with Crippen LogP contribution < -0.4 is 0 Å². The minimum Gasteiger partial charge on any atom is -0.326 e. The Morgan fingerprint density at radius 2 is 1.93 bits per heavy atom. The molecule has 5 rings (SSSR count). The normalized spacial score (nSPS) is 16.0. The second-order valence-corrected chi connectivity index (χ2v) is 7.36. The van der Waals surface area contributed by atoms with Gasteiger partial charge in [0.15, 0.2) is 0 Å². The molecule has 0 bridgehead atoms. The number of carbonyl (C=O) groups excluding carboxylic acids is 1. The predicted octanol–water partition coefficient (Wildman–Crippen LogP) is 3.57. The molecular formula is C23H21N5O. The molecule has 3 heterocycles. The molecule has 6 nitrogen and oxygen atoms in total. The summed E-state index contributed by atoms with van der Waals surface area (Å²) in [5.74, 6) is 1.61. The van der Waals surface area contributed by atoms with Crippen molar-refractivity contribution < 1.29 is 4.79 Å². The second-order valence-electron chi connectivity index (χ2n) is 7.36. The number of rotatable bonds is 3. The lowest BCUT2D eigenvalue weighted by atomic mass is 10.0. The maximum Gasteiger partial charge on any atom is 0.254 e. The molecule has 0 N–H and O–H groups in total. The fourth-order valence-electron chi connectivity index (χ4n) is 4.04. The molecule has 144 valence electrons. The van der Waals surface area contributed by atoms with Crippen LogP contribution in [0, 0.1) is 6.92 Å². The molecule has 0 aliphatic carbocycles. The molecule has 1 atom stereocenters. The van der Waals surface area contributed by atoms with Crippen molar-refractivity contribution >= 4 is 16.8 Å². The topological polar surface area (TPSA) is 63.9 Å². The number of fused-ring (bicyclic) bond motifs is 2. The molecule has 1 aliphatic heterocycles. The first-order valence-electron chi connectivity index (χ1n) is 9.80. The Balaban J connectivity index is 1.53. The first-order valence-corrected chi connectivity index (χ1v) is 9.80. The highest BCUT2D eigenvalue weighted by atomic mass is 16.2. The standard InChI is InChI=1S/C23H21N5O/c1-16-25-22-21(14-17-6-3-2-4-7-17)27(12-13-28(22)26-16)23(29)19-9-10-20-18(15-19)8-5-11-24-20/h2-11,15,21H,12-14H2,1H3/t21-/m0/s1. The zero-order valence-electron chi connectivity index (χ0n) is 16.2. The van der Waals surface area contributed by atoms with Crippen LogP contribution in [0.3, 0.4) is 0 Å². The summed E-state index contributed by atoms with van der Waals surface area (Å²) in [5, 5.41) is 5.48. The number of aromatic nitrogens is 4. The van der Waals surface area contributed by atoms with Crippen LogP contribution in [0.5, 0.6) is 0 Å². The van der Waals surface area contributed by atoms with Crippen LogP contribution >= 0.6 is 0 Å². The minimum absolute atomic E-state index is 0.0172. The van der Waals surface area contributed by atoms with Gasteiger partial charge in [0.05, 0.1) is 18.1 Å². The first kappa shape index (κ1) is 17.6. The molecule has 2 aromatic carbocycles. The van der Waals surface area contributed by atoms with Crippen LogP contribution in [0.1, 0.15) is 33.6 Å². The van der Waals surface area contributed by atoms with E-state index in [0.29, 0.717) is 25.1 Å². The monoisotopic (exact) mass is 383 g/mol. The molecule has 29 heavy (non-hydrogen) atoms. The number of hydrogen-bond acceptors (Lipinski definition) is 4. The average Bonchev–Trinajstić information content (AvgIpc) is 3.15. The molecule has 0 saturated carbocycles. The van der Waals surface area contributed by atoms with E-state index in [9.17, 15) is 4.79 Å². The van der Waals surface area contributed by atoms with Crippen molar-refractivity contribution in [3.63, 3.8) is 0 Å². The van der Waals surface area contributed by atoms with E-state index >= 15 is 0 Å². The lowest BCUT2D eigenvalue weighted by Crippen LogP contribution is -2.43. The molecule has 0 saturated heterocycles. The third kappa shape index (κ3) is 3.27. The van der Waals surface area contributed by atoms with E-state index in [4.69, 9.17) is 0 Å². The van der Waals surface area contributed by atoms with Crippen molar-refractivity contribution in [3.05, 3.63) is 89.6 Å². The quantitative estimate of drug-likeness (QED) is 0.542. The third-order valence-electron chi connectivity index (χ3n) is 5.42. The van der Waals surface area contributed by atoms with Crippen molar-refractivity contribution in [2.45, 2.75) is 25.9 Å². The highest BCUT2D eigenvalue weighted by molar-refractivity contribution is 5.98. The molecule has 0 spiro atoms. The zero-order chi connectivity index (χ0) is 19.8. The van der Waals surface area contributed by atoms with Gasteiger partial charge >= 0.3 is 0 Å². The highest BCUT2D eigenvalue weighted by Crippen LogP contribution is 2.29. The summed E-state index contributed by atoms with van der Waals surface area (Å²) < 4.78 is 1.94. The van der Waals surface area contributed by atoms with E-state index in [1.165, 1.54) is 5.56 Å². The summed E-state index contributed by atoms with van der Waals surface area (Å²) in [6.07, 6.45) is 2.47. The van der Waals surface area contributed by atoms with Crippen molar-refractivity contribution in [2.75, 3.05) is 6.54 Å². The van der Waals surface area contributed by atoms with Gasteiger partial charge in [0, 0.05) is 30.1 Å². The largest absolute Gasteiger partial charge is 0.326 e. The van der Waals surface area contributed by atoms with Crippen LogP contribution in [-0.4, -0.2) is 37.1 Å². The summed E-state index contributed by atoms with van der Waals surface area (Å²) in [6.45, 7) is 3.16. The maximum atomic E-state index is 13.5. The number of aryl methyl sites for hydroxylation is 1. The maximum absolute atomic E-state index is 13.5. The molecule has 0 fully saturated rings. The highest BCUT2D eigenvalue weighted by Gasteiger charge is 2.34. The van der Waals surface area contributed by atoms with Crippen LogP contribution in [0.25, 0.3) is 10.9 Å². The van der Waals surface area contributed by atoms with E-state index < -0.39 is 0 Å². The Labute approximate surface area is 168 Å². The Hall–Kier alpha value is -3.54. The summed E-state index contributed by atoms with van der Waals surface area (Å²) in [4.78, 5) is 24.5. The Morgan fingerprint density at radius 1 is 1.07 bits per heavy atom. The van der Waals surface area contributed by atoms with Gasteiger partial charge in [-0.2, -0.15) is 5.10 Å². The van der Waals surface area contributed by atoms with E-state index in [0.717, 1.165) is 22.6 Å². The molecular weight excluding hydrogens is 362 g/mol. The van der Waals surface area contributed by atoms with Gasteiger partial charge in [-0.1, -0.05) is 36.4 Å². The van der Waals surface area contributed by atoms with Gasteiger partial charge in [-0.15, -0.1) is 0 Å². The third-order valence-corrected chi connectivity index (χ3v) is 5.42. The summed E-state index contributed by atoms with van der Waals surface area (Å²) in [5.41, 5.74) is 2.74. The minimum atomic E-state index is -0.149. The van der Waals surface area contributed by atoms with Crippen molar-refractivity contribution in [2.24, 2.45) is 0 Å². The summed E-state index contributed by atoms with van der Waals surface area (Å²) >= 11 is 0. The molecule has 6 heteroatoms. The van der Waals surface area contributed by atoms with Gasteiger partial charge in [0.25, 0.3) is 5.91 Å². The number of amides is 1. The molecule has 1 amide bonds. The summed E-state index contributed by atoms with van der Waals surface area (Å²) in [6, 6.07) is 19.7. The van der Waals surface area contributed by atoms with Gasteiger partial charge in [-0.25, -0.2) is 9.67 Å². The fraction of sp³-hybridized carbons (Fsp3) is 0.217. The fourth-order valence-corrected chi connectivity index (χ4v) is 4.04. The number of hydrogen-bond donors (Lipinski definition) is 0. The second kappa shape index (κ2) is 7.13. The van der Waals surface area contributed by atoms with E-state index in [2.05, 4.69) is 27.2 Å². The molecule has 0 unspecified atom stereocenters. The predicted molar refractivity (Wildman–Crippen MR) is 110 cm³/mol. The lowest BCUT2D eigenvalue weighted by Gasteiger charge is -2.35. The van der Waals surface area contributed by atoms with E-state index in [1.807, 2.05) is 65.0 Å².